The molecule has 1 aromatic rings. The molecule has 0 radical (unpaired) electrons. The van der Waals surface area contributed by atoms with E-state index in [0.29, 0.717) is 37.5 Å². The molecule has 0 saturated heterocycles. The number of halogens is 1. The zero-order valence-electron chi connectivity index (χ0n) is 13.7. The molecule has 1 rings (SSSR count). The Morgan fingerprint density at radius 2 is 1.70 bits per heavy atom. The van der Waals surface area contributed by atoms with Gasteiger partial charge in [-0.05, 0) is 43.5 Å². The summed E-state index contributed by atoms with van der Waals surface area (Å²) in [6.45, 7) is 4.93. The highest BCUT2D eigenvalue weighted by Crippen LogP contribution is 2.19. The maximum Gasteiger partial charge on any atom is 0.243 e. The number of benzene rings is 1. The van der Waals surface area contributed by atoms with E-state index in [9.17, 15) is 13.2 Å². The minimum atomic E-state index is -3.48. The first kappa shape index (κ1) is 19.9. The fourth-order valence-electron chi connectivity index (χ4n) is 2.16. The largest absolute Gasteiger partial charge is 0.326 e. The van der Waals surface area contributed by atoms with Gasteiger partial charge in [-0.15, -0.1) is 11.6 Å². The Balaban J connectivity index is 2.83. The molecule has 5 nitrogen and oxygen atoms in total. The van der Waals surface area contributed by atoms with Gasteiger partial charge in [0.1, 0.15) is 0 Å². The molecular formula is C16H25ClN2O3S. The fraction of sp³-hybridized carbons (Fsp3) is 0.562. The smallest absolute Gasteiger partial charge is 0.243 e. The molecule has 1 N–H and O–H groups in total. The van der Waals surface area contributed by atoms with Gasteiger partial charge in [0.05, 0.1) is 4.90 Å². The Morgan fingerprint density at radius 1 is 1.13 bits per heavy atom. The maximum absolute atomic E-state index is 12.6. The molecule has 1 amide bonds. The Labute approximate surface area is 144 Å². The van der Waals surface area contributed by atoms with E-state index in [1.165, 1.54) is 16.4 Å². The van der Waals surface area contributed by atoms with Crippen molar-refractivity contribution in [1.82, 2.24) is 4.31 Å². The molecule has 0 spiro atoms. The van der Waals surface area contributed by atoms with Crippen LogP contribution < -0.4 is 5.32 Å². The first-order chi connectivity index (χ1) is 11.0. The van der Waals surface area contributed by atoms with Crippen molar-refractivity contribution in [3.8, 4) is 0 Å². The molecule has 23 heavy (non-hydrogen) atoms. The first-order valence-corrected chi connectivity index (χ1v) is 9.89. The highest BCUT2D eigenvalue weighted by Gasteiger charge is 2.22. The van der Waals surface area contributed by atoms with Crippen molar-refractivity contribution in [3.63, 3.8) is 0 Å². The Bertz CT molecular complexity index is 582. The van der Waals surface area contributed by atoms with Gasteiger partial charge in [-0.1, -0.05) is 13.8 Å². The van der Waals surface area contributed by atoms with Gasteiger partial charge in [-0.3, -0.25) is 4.79 Å². The van der Waals surface area contributed by atoms with Crippen LogP contribution >= 0.6 is 11.6 Å². The predicted molar refractivity (Wildman–Crippen MR) is 94.4 cm³/mol. The van der Waals surface area contributed by atoms with Crippen LogP contribution in [-0.4, -0.2) is 37.6 Å². The monoisotopic (exact) mass is 360 g/mol. The van der Waals surface area contributed by atoms with Crippen LogP contribution in [-0.2, 0) is 14.8 Å². The quantitative estimate of drug-likeness (QED) is 0.650. The number of rotatable bonds is 10. The summed E-state index contributed by atoms with van der Waals surface area (Å²) >= 11 is 5.55. The SMILES string of the molecule is CCCN(CCC)S(=O)(=O)c1ccc(NC(=O)CCCCl)cc1. The van der Waals surface area contributed by atoms with E-state index in [-0.39, 0.29) is 10.8 Å². The summed E-state index contributed by atoms with van der Waals surface area (Å²) in [6, 6.07) is 6.29. The average Bonchev–Trinajstić information content (AvgIpc) is 2.53. The van der Waals surface area contributed by atoms with Crippen LogP contribution in [0, 0.1) is 0 Å². The number of sulfonamides is 1. The van der Waals surface area contributed by atoms with E-state index in [0.717, 1.165) is 12.8 Å². The Hall–Kier alpha value is -1.11. The van der Waals surface area contributed by atoms with Crippen molar-refractivity contribution >= 4 is 33.2 Å². The molecule has 0 aliphatic rings. The van der Waals surface area contributed by atoms with Crippen molar-refractivity contribution in [2.75, 3.05) is 24.3 Å². The van der Waals surface area contributed by atoms with Gasteiger partial charge >= 0.3 is 0 Å². The van der Waals surface area contributed by atoms with E-state index >= 15 is 0 Å². The second kappa shape index (κ2) is 9.90. The highest BCUT2D eigenvalue weighted by atomic mass is 35.5. The van der Waals surface area contributed by atoms with Crippen LogP contribution in [0.25, 0.3) is 0 Å². The van der Waals surface area contributed by atoms with Gasteiger partial charge in [0.25, 0.3) is 0 Å². The molecule has 0 aliphatic heterocycles. The number of nitrogens with one attached hydrogen (secondary N) is 1. The van der Waals surface area contributed by atoms with Crippen LogP contribution in [0.2, 0.25) is 0 Å². The molecule has 0 saturated carbocycles. The van der Waals surface area contributed by atoms with Gasteiger partial charge in [0.15, 0.2) is 0 Å². The zero-order valence-corrected chi connectivity index (χ0v) is 15.3. The Morgan fingerprint density at radius 3 is 2.17 bits per heavy atom. The van der Waals surface area contributed by atoms with E-state index in [2.05, 4.69) is 5.32 Å². The number of carbonyl (C=O) groups excluding carboxylic acids is 1. The minimum absolute atomic E-state index is 0.125. The number of amides is 1. The van der Waals surface area contributed by atoms with Gasteiger partial charge in [0, 0.05) is 31.1 Å². The molecule has 0 bridgehead atoms. The maximum atomic E-state index is 12.6. The number of carbonyl (C=O) groups is 1. The molecule has 130 valence electrons. The van der Waals surface area contributed by atoms with Gasteiger partial charge < -0.3 is 5.32 Å². The molecule has 0 aliphatic carbocycles. The number of hydrogen-bond donors (Lipinski definition) is 1. The third kappa shape index (κ3) is 6.12. The van der Waals surface area contributed by atoms with Crippen molar-refractivity contribution < 1.29 is 13.2 Å². The summed E-state index contributed by atoms with van der Waals surface area (Å²) in [5.74, 6) is 0.315. The second-order valence-corrected chi connectivity index (χ2v) is 7.59. The third-order valence-corrected chi connectivity index (χ3v) is 5.44. The Kier molecular flexibility index (Phi) is 8.58. The molecule has 0 unspecified atom stereocenters. The van der Waals surface area contributed by atoms with Crippen molar-refractivity contribution in [2.45, 2.75) is 44.4 Å². The zero-order chi connectivity index (χ0) is 17.3. The van der Waals surface area contributed by atoms with Crippen LogP contribution in [0.4, 0.5) is 5.69 Å². The number of nitrogens with zero attached hydrogens (tertiary/aromatic N) is 1. The number of alkyl halides is 1. The lowest BCUT2D eigenvalue weighted by Gasteiger charge is -2.21. The summed E-state index contributed by atoms with van der Waals surface area (Å²) < 4.78 is 26.7. The lowest BCUT2D eigenvalue weighted by molar-refractivity contribution is -0.116. The molecular weight excluding hydrogens is 336 g/mol. The van der Waals surface area contributed by atoms with Crippen molar-refractivity contribution in [2.24, 2.45) is 0 Å². The van der Waals surface area contributed by atoms with Gasteiger partial charge in [-0.2, -0.15) is 4.31 Å². The van der Waals surface area contributed by atoms with Crippen LogP contribution in [0.15, 0.2) is 29.2 Å². The molecule has 1 aromatic carbocycles. The van der Waals surface area contributed by atoms with E-state index in [4.69, 9.17) is 11.6 Å². The van der Waals surface area contributed by atoms with Gasteiger partial charge in [-0.25, -0.2) is 8.42 Å². The molecule has 0 fully saturated rings. The topological polar surface area (TPSA) is 66.5 Å². The van der Waals surface area contributed by atoms with Gasteiger partial charge in [0.2, 0.25) is 15.9 Å². The second-order valence-electron chi connectivity index (χ2n) is 5.27. The molecule has 7 heteroatoms. The summed E-state index contributed by atoms with van der Waals surface area (Å²) in [7, 11) is -3.48. The average molecular weight is 361 g/mol. The third-order valence-electron chi connectivity index (χ3n) is 3.26. The van der Waals surface area contributed by atoms with Crippen LogP contribution in [0.1, 0.15) is 39.5 Å². The molecule has 0 atom stereocenters. The summed E-state index contributed by atoms with van der Waals surface area (Å²) in [5.41, 5.74) is 0.584. The lowest BCUT2D eigenvalue weighted by Crippen LogP contribution is -2.32. The van der Waals surface area contributed by atoms with Crippen molar-refractivity contribution in [1.29, 1.82) is 0 Å². The predicted octanol–water partition coefficient (Wildman–Crippen LogP) is 3.45. The highest BCUT2D eigenvalue weighted by molar-refractivity contribution is 7.89. The van der Waals surface area contributed by atoms with Crippen LogP contribution in [0.5, 0.6) is 0 Å². The summed E-state index contributed by atoms with van der Waals surface area (Å²) in [6.07, 6.45) is 2.51. The number of anilines is 1. The number of hydrogen-bond acceptors (Lipinski definition) is 3. The first-order valence-electron chi connectivity index (χ1n) is 7.91. The lowest BCUT2D eigenvalue weighted by atomic mass is 10.3. The van der Waals surface area contributed by atoms with E-state index in [1.54, 1.807) is 12.1 Å². The standard InChI is InChI=1S/C16H25ClN2O3S/c1-3-12-19(13-4-2)23(21,22)15-9-7-14(8-10-15)18-16(20)6-5-11-17/h7-10H,3-6,11-13H2,1-2H3,(H,18,20). The van der Waals surface area contributed by atoms with Crippen LogP contribution in [0.3, 0.4) is 0 Å². The molecule has 0 aromatic heterocycles. The molecule has 0 heterocycles. The fourth-order valence-corrected chi connectivity index (χ4v) is 3.92. The minimum Gasteiger partial charge on any atom is -0.326 e. The normalized spacial score (nSPS) is 11.7. The summed E-state index contributed by atoms with van der Waals surface area (Å²) in [5, 5.41) is 2.73. The summed E-state index contributed by atoms with van der Waals surface area (Å²) in [4.78, 5) is 11.9. The van der Waals surface area contributed by atoms with E-state index in [1.807, 2.05) is 13.8 Å². The van der Waals surface area contributed by atoms with Crippen molar-refractivity contribution in [3.05, 3.63) is 24.3 Å². The van der Waals surface area contributed by atoms with E-state index < -0.39 is 10.0 Å².